The maximum absolute atomic E-state index is 13.0. The van der Waals surface area contributed by atoms with Gasteiger partial charge in [-0.3, -0.25) is 4.79 Å². The zero-order valence-corrected chi connectivity index (χ0v) is 16.4. The predicted molar refractivity (Wildman–Crippen MR) is 104 cm³/mol. The van der Waals surface area contributed by atoms with Crippen LogP contribution >= 0.6 is 0 Å². The monoisotopic (exact) mass is 366 g/mol. The summed E-state index contributed by atoms with van der Waals surface area (Å²) >= 11 is 0. The van der Waals surface area contributed by atoms with Gasteiger partial charge in [-0.15, -0.1) is 0 Å². The van der Waals surface area contributed by atoms with Crippen molar-refractivity contribution in [3.8, 4) is 0 Å². The maximum atomic E-state index is 13.0. The minimum atomic E-state index is -0.824. The van der Waals surface area contributed by atoms with Crippen LogP contribution < -0.4 is 4.90 Å². The van der Waals surface area contributed by atoms with Crippen LogP contribution in [0.2, 0.25) is 0 Å². The fourth-order valence-corrected chi connectivity index (χ4v) is 4.25. The fourth-order valence-electron chi connectivity index (χ4n) is 4.25. The molecule has 2 aliphatic rings. The first-order chi connectivity index (χ1) is 12.9. The van der Waals surface area contributed by atoms with Crippen molar-refractivity contribution in [1.82, 2.24) is 4.57 Å². The van der Waals surface area contributed by atoms with Crippen molar-refractivity contribution in [3.63, 3.8) is 0 Å². The number of amides is 1. The summed E-state index contributed by atoms with van der Waals surface area (Å²) < 4.78 is 7.79. The average molecular weight is 366 g/mol. The highest BCUT2D eigenvalue weighted by atomic mass is 16.5. The lowest BCUT2D eigenvalue weighted by Crippen LogP contribution is -2.43. The van der Waals surface area contributed by atoms with Gasteiger partial charge in [0.25, 0.3) is 5.91 Å². The Bertz CT molecular complexity index is 910. The van der Waals surface area contributed by atoms with Crippen molar-refractivity contribution in [3.05, 3.63) is 52.8 Å². The summed E-state index contributed by atoms with van der Waals surface area (Å²) in [5, 5.41) is 0. The van der Waals surface area contributed by atoms with Crippen LogP contribution in [0.5, 0.6) is 0 Å². The number of aromatic nitrogens is 1. The third-order valence-corrected chi connectivity index (χ3v) is 5.69. The minimum absolute atomic E-state index is 0.0657. The molecule has 1 saturated carbocycles. The van der Waals surface area contributed by atoms with E-state index in [2.05, 4.69) is 4.57 Å². The Morgan fingerprint density at radius 1 is 1.19 bits per heavy atom. The number of nitrogens with zero attached hydrogens (tertiary/aromatic N) is 2. The first-order valence-corrected chi connectivity index (χ1v) is 9.69. The van der Waals surface area contributed by atoms with Gasteiger partial charge < -0.3 is 14.2 Å². The summed E-state index contributed by atoms with van der Waals surface area (Å²) in [5.41, 5.74) is 4.64. The molecule has 5 heteroatoms. The standard InChI is InChI=1S/C22H26N2O3/c1-13-11-17-7-5-6-8-20(17)24(13)21(25)16(4)27-22(26)19-12-14(2)23(15(19)3)18-9-10-18/h5-8,12-13,16,18H,9-11H2,1-4H3/t13-,16-/m1/s1. The summed E-state index contributed by atoms with van der Waals surface area (Å²) in [6.45, 7) is 7.65. The van der Waals surface area contributed by atoms with Crippen LogP contribution in [0.4, 0.5) is 5.69 Å². The van der Waals surface area contributed by atoms with Crippen LogP contribution in [-0.2, 0) is 16.0 Å². The number of hydrogen-bond donors (Lipinski definition) is 0. The Labute approximate surface area is 159 Å². The predicted octanol–water partition coefficient (Wildman–Crippen LogP) is 3.96. The molecule has 2 heterocycles. The quantitative estimate of drug-likeness (QED) is 0.770. The van der Waals surface area contributed by atoms with Gasteiger partial charge >= 0.3 is 5.97 Å². The molecule has 0 unspecified atom stereocenters. The van der Waals surface area contributed by atoms with E-state index in [-0.39, 0.29) is 11.9 Å². The fraction of sp³-hybridized carbons (Fsp3) is 0.455. The van der Waals surface area contributed by atoms with E-state index in [0.29, 0.717) is 11.6 Å². The van der Waals surface area contributed by atoms with Crippen molar-refractivity contribution < 1.29 is 14.3 Å². The highest BCUT2D eigenvalue weighted by Crippen LogP contribution is 2.38. The van der Waals surface area contributed by atoms with E-state index in [9.17, 15) is 9.59 Å². The summed E-state index contributed by atoms with van der Waals surface area (Å²) in [7, 11) is 0. The molecular weight excluding hydrogens is 340 g/mol. The smallest absolute Gasteiger partial charge is 0.340 e. The molecule has 1 aliphatic heterocycles. The summed E-state index contributed by atoms with van der Waals surface area (Å²) in [6, 6.07) is 10.4. The van der Waals surface area contributed by atoms with Crippen molar-refractivity contribution in [1.29, 1.82) is 0 Å². The number of carbonyl (C=O) groups excluding carboxylic acids is 2. The third-order valence-electron chi connectivity index (χ3n) is 5.69. The van der Waals surface area contributed by atoms with Gasteiger partial charge in [-0.1, -0.05) is 18.2 Å². The number of benzene rings is 1. The number of aryl methyl sites for hydroxylation is 1. The summed E-state index contributed by atoms with van der Waals surface area (Å²) in [4.78, 5) is 27.5. The van der Waals surface area contributed by atoms with E-state index in [1.807, 2.05) is 51.1 Å². The summed E-state index contributed by atoms with van der Waals surface area (Å²) in [6.07, 6.45) is 2.32. The SMILES string of the molecule is Cc1cc(C(=O)O[C@H](C)C(=O)N2c3ccccc3C[C@H]2C)c(C)n1C1CC1. The molecule has 142 valence electrons. The Morgan fingerprint density at radius 2 is 1.89 bits per heavy atom. The third kappa shape index (κ3) is 3.05. The number of rotatable bonds is 4. The van der Waals surface area contributed by atoms with Crippen molar-refractivity contribution in [2.75, 3.05) is 4.90 Å². The zero-order chi connectivity index (χ0) is 19.3. The Hall–Kier alpha value is -2.56. The van der Waals surface area contributed by atoms with E-state index in [1.54, 1.807) is 11.8 Å². The molecule has 1 aliphatic carbocycles. The van der Waals surface area contributed by atoms with Gasteiger partial charge in [-0.05, 0) is 64.7 Å². The second-order valence-corrected chi connectivity index (χ2v) is 7.82. The largest absolute Gasteiger partial charge is 0.449 e. The van der Waals surface area contributed by atoms with Crippen molar-refractivity contribution in [2.45, 2.75) is 65.1 Å². The van der Waals surface area contributed by atoms with Gasteiger partial charge in [-0.2, -0.15) is 0 Å². The normalized spacial score (nSPS) is 19.7. The second kappa shape index (κ2) is 6.55. The maximum Gasteiger partial charge on any atom is 0.340 e. The molecular formula is C22H26N2O3. The molecule has 2 aromatic rings. The number of esters is 1. The highest BCUT2D eigenvalue weighted by molar-refractivity contribution is 6.01. The first-order valence-electron chi connectivity index (χ1n) is 9.69. The van der Waals surface area contributed by atoms with Gasteiger partial charge in [-0.25, -0.2) is 4.79 Å². The second-order valence-electron chi connectivity index (χ2n) is 7.82. The lowest BCUT2D eigenvalue weighted by atomic mass is 10.1. The van der Waals surface area contributed by atoms with Gasteiger partial charge in [0.15, 0.2) is 6.10 Å². The number of ether oxygens (including phenoxy) is 1. The molecule has 0 bridgehead atoms. The van der Waals surface area contributed by atoms with Crippen LogP contribution in [0.15, 0.2) is 30.3 Å². The Balaban J connectivity index is 1.51. The topological polar surface area (TPSA) is 51.5 Å². The number of carbonyl (C=O) groups is 2. The number of para-hydroxylation sites is 1. The molecule has 0 N–H and O–H groups in total. The van der Waals surface area contributed by atoms with Crippen LogP contribution in [0.25, 0.3) is 0 Å². The zero-order valence-electron chi connectivity index (χ0n) is 16.4. The molecule has 0 spiro atoms. The lowest BCUT2D eigenvalue weighted by molar-refractivity contribution is -0.126. The minimum Gasteiger partial charge on any atom is -0.449 e. The van der Waals surface area contributed by atoms with Gasteiger partial charge in [0.05, 0.1) is 5.56 Å². The van der Waals surface area contributed by atoms with Crippen LogP contribution in [0.1, 0.15) is 60.0 Å². The highest BCUT2D eigenvalue weighted by Gasteiger charge is 2.35. The molecule has 1 aromatic carbocycles. The van der Waals surface area contributed by atoms with E-state index in [0.717, 1.165) is 41.9 Å². The summed E-state index contributed by atoms with van der Waals surface area (Å²) in [5.74, 6) is -0.590. The van der Waals surface area contributed by atoms with Crippen LogP contribution in [0.3, 0.4) is 0 Å². The van der Waals surface area contributed by atoms with Crippen molar-refractivity contribution in [2.24, 2.45) is 0 Å². The molecule has 5 nitrogen and oxygen atoms in total. The van der Waals surface area contributed by atoms with Gasteiger partial charge in [0, 0.05) is 29.2 Å². The average Bonchev–Trinajstić information content (AvgIpc) is 3.33. The number of anilines is 1. The van der Waals surface area contributed by atoms with Crippen LogP contribution in [-0.4, -0.2) is 28.6 Å². The van der Waals surface area contributed by atoms with Gasteiger partial charge in [0.2, 0.25) is 0 Å². The Morgan fingerprint density at radius 3 is 2.59 bits per heavy atom. The molecule has 0 radical (unpaired) electrons. The molecule has 27 heavy (non-hydrogen) atoms. The molecule has 1 aromatic heterocycles. The van der Waals surface area contributed by atoms with Crippen LogP contribution in [0, 0.1) is 13.8 Å². The van der Waals surface area contributed by atoms with E-state index < -0.39 is 12.1 Å². The number of fused-ring (bicyclic) bond motifs is 1. The van der Waals surface area contributed by atoms with E-state index >= 15 is 0 Å². The van der Waals surface area contributed by atoms with Crippen molar-refractivity contribution >= 4 is 17.6 Å². The first kappa shape index (κ1) is 17.8. The van der Waals surface area contributed by atoms with E-state index in [4.69, 9.17) is 4.74 Å². The molecule has 0 saturated heterocycles. The molecule has 1 amide bonds. The lowest BCUT2D eigenvalue weighted by Gasteiger charge is -2.26. The number of hydrogen-bond acceptors (Lipinski definition) is 3. The Kier molecular flexibility index (Phi) is 4.33. The molecule has 2 atom stereocenters. The van der Waals surface area contributed by atoms with E-state index in [1.165, 1.54) is 0 Å². The molecule has 4 rings (SSSR count). The molecule has 1 fully saturated rings. The van der Waals surface area contributed by atoms with Gasteiger partial charge in [0.1, 0.15) is 0 Å².